The van der Waals surface area contributed by atoms with Gasteiger partial charge in [-0.2, -0.15) is 0 Å². The van der Waals surface area contributed by atoms with Gasteiger partial charge in [-0.05, 0) is 63.5 Å². The summed E-state index contributed by atoms with van der Waals surface area (Å²) in [5.74, 6) is 0.630. The number of amides is 2. The fourth-order valence-corrected chi connectivity index (χ4v) is 4.32. The van der Waals surface area contributed by atoms with Crippen molar-refractivity contribution >= 4 is 11.8 Å². The Morgan fingerprint density at radius 3 is 2.15 bits per heavy atom. The van der Waals surface area contributed by atoms with Crippen molar-refractivity contribution in [3.05, 3.63) is 53.6 Å². The van der Waals surface area contributed by atoms with E-state index >= 15 is 0 Å². The molecule has 176 valence electrons. The Kier molecular flexibility index (Phi) is 7.88. The van der Waals surface area contributed by atoms with Crippen LogP contribution in [0.1, 0.15) is 52.2 Å². The molecule has 2 amide bonds. The summed E-state index contributed by atoms with van der Waals surface area (Å²) >= 11 is 0. The average molecular weight is 452 g/mol. The lowest BCUT2D eigenvalue weighted by Crippen LogP contribution is -2.50. The van der Waals surface area contributed by atoms with Crippen LogP contribution in [0.4, 0.5) is 0 Å². The van der Waals surface area contributed by atoms with Crippen molar-refractivity contribution in [1.82, 2.24) is 24.7 Å². The highest BCUT2D eigenvalue weighted by Gasteiger charge is 2.26. The molecule has 2 aliphatic heterocycles. The van der Waals surface area contributed by atoms with Crippen molar-refractivity contribution in [3.63, 3.8) is 0 Å². The minimum Gasteiger partial charge on any atom is -0.494 e. The standard InChI is InChI=1S/C25H33N5O3/c1-20-18-27-23(19-26-20)25(32)30-15-13-29(14-16-30)24(31)21-6-8-22(9-7-21)33-17-5-12-28-10-3-2-4-11-28/h6-9,18-19H,2-5,10-17H2,1H3. The summed E-state index contributed by atoms with van der Waals surface area (Å²) in [5.41, 5.74) is 1.75. The number of aryl methyl sites for hydroxylation is 1. The third-order valence-corrected chi connectivity index (χ3v) is 6.29. The van der Waals surface area contributed by atoms with Gasteiger partial charge in [0.05, 0.1) is 18.5 Å². The quantitative estimate of drug-likeness (QED) is 0.602. The summed E-state index contributed by atoms with van der Waals surface area (Å²) in [4.78, 5) is 39.8. The lowest BCUT2D eigenvalue weighted by Gasteiger charge is -2.34. The molecule has 8 heteroatoms. The number of rotatable bonds is 7. The smallest absolute Gasteiger partial charge is 0.274 e. The highest BCUT2D eigenvalue weighted by molar-refractivity contribution is 5.95. The molecule has 1 aromatic carbocycles. The molecule has 2 saturated heterocycles. The second kappa shape index (κ2) is 11.2. The summed E-state index contributed by atoms with van der Waals surface area (Å²) in [7, 11) is 0. The fourth-order valence-electron chi connectivity index (χ4n) is 4.32. The van der Waals surface area contributed by atoms with Crippen molar-refractivity contribution in [2.45, 2.75) is 32.6 Å². The van der Waals surface area contributed by atoms with E-state index in [1.807, 2.05) is 31.2 Å². The lowest BCUT2D eigenvalue weighted by molar-refractivity contribution is 0.0532. The van der Waals surface area contributed by atoms with E-state index in [1.54, 1.807) is 16.0 Å². The maximum atomic E-state index is 12.9. The third-order valence-electron chi connectivity index (χ3n) is 6.29. The molecule has 2 aliphatic rings. The SMILES string of the molecule is Cc1cnc(C(=O)N2CCN(C(=O)c3ccc(OCCCN4CCCCC4)cc3)CC2)cn1. The minimum atomic E-state index is -0.142. The molecule has 2 fully saturated rings. The third kappa shape index (κ3) is 6.28. The summed E-state index contributed by atoms with van der Waals surface area (Å²) < 4.78 is 5.86. The Balaban J connectivity index is 1.20. The summed E-state index contributed by atoms with van der Waals surface area (Å²) in [6, 6.07) is 7.37. The molecule has 0 spiro atoms. The molecule has 0 bridgehead atoms. The number of hydrogen-bond acceptors (Lipinski definition) is 6. The van der Waals surface area contributed by atoms with Gasteiger partial charge in [-0.15, -0.1) is 0 Å². The molecule has 0 radical (unpaired) electrons. The number of benzene rings is 1. The van der Waals surface area contributed by atoms with Crippen LogP contribution in [0.2, 0.25) is 0 Å². The molecule has 0 atom stereocenters. The van der Waals surface area contributed by atoms with E-state index in [2.05, 4.69) is 14.9 Å². The first-order valence-electron chi connectivity index (χ1n) is 11.9. The molecule has 8 nitrogen and oxygen atoms in total. The van der Waals surface area contributed by atoms with Crippen LogP contribution in [0.15, 0.2) is 36.7 Å². The monoisotopic (exact) mass is 451 g/mol. The van der Waals surface area contributed by atoms with Crippen molar-refractivity contribution in [2.75, 3.05) is 52.4 Å². The zero-order valence-corrected chi connectivity index (χ0v) is 19.4. The van der Waals surface area contributed by atoms with Crippen LogP contribution in [-0.4, -0.2) is 88.9 Å². The molecule has 4 rings (SSSR count). The van der Waals surface area contributed by atoms with Gasteiger partial charge >= 0.3 is 0 Å². The maximum absolute atomic E-state index is 12.9. The zero-order valence-electron chi connectivity index (χ0n) is 19.4. The van der Waals surface area contributed by atoms with Crippen LogP contribution in [0, 0.1) is 6.92 Å². The molecule has 0 saturated carbocycles. The van der Waals surface area contributed by atoms with E-state index in [4.69, 9.17) is 4.74 Å². The van der Waals surface area contributed by atoms with Gasteiger partial charge in [-0.25, -0.2) is 4.98 Å². The number of aromatic nitrogens is 2. The topological polar surface area (TPSA) is 78.9 Å². The van der Waals surface area contributed by atoms with Gasteiger partial charge in [0.15, 0.2) is 0 Å². The summed E-state index contributed by atoms with van der Waals surface area (Å²) in [6.45, 7) is 7.99. The average Bonchev–Trinajstić information content (AvgIpc) is 2.87. The van der Waals surface area contributed by atoms with E-state index in [9.17, 15) is 9.59 Å². The minimum absolute atomic E-state index is 0.0196. The van der Waals surface area contributed by atoms with Gasteiger partial charge in [0, 0.05) is 44.5 Å². The molecule has 2 aromatic rings. The van der Waals surface area contributed by atoms with Crippen molar-refractivity contribution in [2.24, 2.45) is 0 Å². The Morgan fingerprint density at radius 1 is 0.848 bits per heavy atom. The van der Waals surface area contributed by atoms with Crippen LogP contribution >= 0.6 is 0 Å². The molecule has 0 aliphatic carbocycles. The number of carbonyl (C=O) groups excluding carboxylic acids is 2. The Morgan fingerprint density at radius 2 is 1.52 bits per heavy atom. The number of likely N-dealkylation sites (tertiary alicyclic amines) is 1. The Bertz CT molecular complexity index is 918. The largest absolute Gasteiger partial charge is 0.494 e. The first-order valence-corrected chi connectivity index (χ1v) is 11.9. The van der Waals surface area contributed by atoms with Crippen LogP contribution < -0.4 is 4.74 Å². The van der Waals surface area contributed by atoms with Gasteiger partial charge in [0.2, 0.25) is 0 Å². The van der Waals surface area contributed by atoms with Gasteiger partial charge in [0.1, 0.15) is 11.4 Å². The second-order valence-corrected chi connectivity index (χ2v) is 8.76. The fraction of sp³-hybridized carbons (Fsp3) is 0.520. The molecule has 0 unspecified atom stereocenters. The number of carbonyl (C=O) groups is 2. The van der Waals surface area contributed by atoms with Crippen LogP contribution in [-0.2, 0) is 0 Å². The summed E-state index contributed by atoms with van der Waals surface area (Å²) in [6.07, 6.45) is 8.08. The van der Waals surface area contributed by atoms with Crippen molar-refractivity contribution in [3.8, 4) is 5.75 Å². The molecule has 0 N–H and O–H groups in total. The number of hydrogen-bond donors (Lipinski definition) is 0. The van der Waals surface area contributed by atoms with Gasteiger partial charge < -0.3 is 19.4 Å². The number of piperidine rings is 1. The maximum Gasteiger partial charge on any atom is 0.274 e. The Hall–Kier alpha value is -3.00. The van der Waals surface area contributed by atoms with E-state index < -0.39 is 0 Å². The van der Waals surface area contributed by atoms with Crippen molar-refractivity contribution in [1.29, 1.82) is 0 Å². The number of nitrogens with zero attached hydrogens (tertiary/aromatic N) is 5. The molecular formula is C25H33N5O3. The lowest BCUT2D eigenvalue weighted by atomic mass is 10.1. The normalized spacial score (nSPS) is 17.1. The van der Waals surface area contributed by atoms with Crippen LogP contribution in [0.3, 0.4) is 0 Å². The van der Waals surface area contributed by atoms with Crippen molar-refractivity contribution < 1.29 is 14.3 Å². The van der Waals surface area contributed by atoms with E-state index in [-0.39, 0.29) is 11.8 Å². The van der Waals surface area contributed by atoms with E-state index in [0.717, 1.165) is 24.4 Å². The predicted molar refractivity (Wildman–Crippen MR) is 125 cm³/mol. The molecule has 1 aromatic heterocycles. The van der Waals surface area contributed by atoms with Crippen LogP contribution in [0.5, 0.6) is 5.75 Å². The number of ether oxygens (including phenoxy) is 1. The second-order valence-electron chi connectivity index (χ2n) is 8.76. The zero-order chi connectivity index (χ0) is 23.0. The van der Waals surface area contributed by atoms with E-state index in [1.165, 1.54) is 38.5 Å². The number of piperazine rings is 1. The van der Waals surface area contributed by atoms with Gasteiger partial charge in [0.25, 0.3) is 11.8 Å². The van der Waals surface area contributed by atoms with E-state index in [0.29, 0.717) is 44.0 Å². The molecule has 3 heterocycles. The molecular weight excluding hydrogens is 418 g/mol. The first kappa shape index (κ1) is 23.2. The van der Waals surface area contributed by atoms with Crippen LogP contribution in [0.25, 0.3) is 0 Å². The highest BCUT2D eigenvalue weighted by atomic mass is 16.5. The van der Waals surface area contributed by atoms with Gasteiger partial charge in [-0.3, -0.25) is 14.6 Å². The van der Waals surface area contributed by atoms with Gasteiger partial charge in [-0.1, -0.05) is 6.42 Å². The summed E-state index contributed by atoms with van der Waals surface area (Å²) in [5, 5.41) is 0. The predicted octanol–water partition coefficient (Wildman–Crippen LogP) is 2.64. The highest BCUT2D eigenvalue weighted by Crippen LogP contribution is 2.16. The Labute approximate surface area is 195 Å². The first-order chi connectivity index (χ1) is 16.1. The molecule has 33 heavy (non-hydrogen) atoms.